The largest absolute Gasteiger partial charge is 0.464 e. The summed E-state index contributed by atoms with van der Waals surface area (Å²) in [6.07, 6.45) is -0.646. The van der Waals surface area contributed by atoms with E-state index in [1.165, 1.54) is 12.1 Å². The summed E-state index contributed by atoms with van der Waals surface area (Å²) in [5.74, 6) is -1.58. The molecule has 3 amide bonds. The van der Waals surface area contributed by atoms with Crippen molar-refractivity contribution in [1.29, 1.82) is 0 Å². The Morgan fingerprint density at radius 1 is 1.25 bits per heavy atom. The van der Waals surface area contributed by atoms with E-state index in [4.69, 9.17) is 5.11 Å². The maximum Gasteiger partial charge on any atom is 0.416 e. The lowest BCUT2D eigenvalue weighted by atomic mass is 10.2. The summed E-state index contributed by atoms with van der Waals surface area (Å²) in [4.78, 5) is 44.2. The van der Waals surface area contributed by atoms with Crippen molar-refractivity contribution in [1.82, 2.24) is 5.32 Å². The number of nitro groups is 1. The van der Waals surface area contributed by atoms with Gasteiger partial charge >= 0.3 is 6.09 Å². The zero-order chi connectivity index (χ0) is 14.9. The number of nitrogens with zero attached hydrogens (tertiary/aromatic N) is 2. The van der Waals surface area contributed by atoms with Gasteiger partial charge in [0, 0.05) is 18.2 Å². The highest BCUT2D eigenvalue weighted by atomic mass is 16.6. The number of nitrogens with one attached hydrogen (secondary N) is 1. The molecule has 0 aromatic heterocycles. The van der Waals surface area contributed by atoms with E-state index in [9.17, 15) is 24.5 Å². The third-order valence-corrected chi connectivity index (χ3v) is 2.49. The summed E-state index contributed by atoms with van der Waals surface area (Å²) < 4.78 is 0. The minimum Gasteiger partial charge on any atom is -0.464 e. The van der Waals surface area contributed by atoms with Crippen molar-refractivity contribution < 1.29 is 24.4 Å². The molecule has 0 saturated heterocycles. The first kappa shape index (κ1) is 13.2. The number of hydrogen-bond acceptors (Lipinski definition) is 5. The van der Waals surface area contributed by atoms with E-state index in [1.54, 1.807) is 0 Å². The second kappa shape index (κ2) is 4.80. The van der Waals surface area contributed by atoms with Crippen molar-refractivity contribution in [2.45, 2.75) is 0 Å². The number of amides is 3. The molecule has 0 bridgehead atoms. The number of anilines is 1. The highest BCUT2D eigenvalue weighted by Crippen LogP contribution is 2.24. The number of carbonyl (C=O) groups is 3. The third kappa shape index (κ3) is 2.32. The fourth-order valence-corrected chi connectivity index (χ4v) is 1.64. The van der Waals surface area contributed by atoms with Gasteiger partial charge < -0.3 is 5.11 Å². The molecule has 1 aromatic carbocycles. The molecule has 1 heterocycles. The van der Waals surface area contributed by atoms with Gasteiger partial charge in [-0.25, -0.2) is 9.69 Å². The zero-order valence-corrected chi connectivity index (χ0v) is 9.77. The lowest BCUT2D eigenvalue weighted by Gasteiger charge is -2.18. The normalized spacial score (nSPS) is 13.7. The fourth-order valence-electron chi connectivity index (χ4n) is 1.64. The van der Waals surface area contributed by atoms with Crippen molar-refractivity contribution in [3.63, 3.8) is 0 Å². The minimum atomic E-state index is -1.49. The van der Waals surface area contributed by atoms with Crippen molar-refractivity contribution in [2.24, 2.45) is 0 Å². The van der Waals surface area contributed by atoms with E-state index < -0.39 is 22.8 Å². The number of benzene rings is 1. The van der Waals surface area contributed by atoms with Crippen LogP contribution >= 0.6 is 0 Å². The smallest absolute Gasteiger partial charge is 0.416 e. The van der Waals surface area contributed by atoms with Crippen molar-refractivity contribution in [3.8, 4) is 0 Å². The van der Waals surface area contributed by atoms with Gasteiger partial charge in [0.05, 0.1) is 10.6 Å². The molecule has 1 aromatic rings. The first-order valence-electron chi connectivity index (χ1n) is 5.24. The molecule has 0 aliphatic carbocycles. The van der Waals surface area contributed by atoms with Gasteiger partial charge in [-0.05, 0) is 12.1 Å². The van der Waals surface area contributed by atoms with E-state index in [2.05, 4.69) is 0 Å². The molecule has 0 spiro atoms. The Bertz CT molecular complexity index is 649. The average Bonchev–Trinajstić information content (AvgIpc) is 2.69. The Kier molecular flexibility index (Phi) is 3.17. The van der Waals surface area contributed by atoms with E-state index in [1.807, 2.05) is 5.32 Å². The molecule has 2 N–H and O–H groups in total. The average molecular weight is 277 g/mol. The van der Waals surface area contributed by atoms with Gasteiger partial charge in [0.15, 0.2) is 0 Å². The van der Waals surface area contributed by atoms with Gasteiger partial charge in [0.2, 0.25) is 0 Å². The molecular formula is C11H7N3O6. The topological polar surface area (TPSA) is 130 Å². The molecular weight excluding hydrogens is 270 g/mol. The zero-order valence-electron chi connectivity index (χ0n) is 9.77. The molecule has 1 aliphatic rings. The van der Waals surface area contributed by atoms with Gasteiger partial charge in [0.25, 0.3) is 17.5 Å². The summed E-state index contributed by atoms with van der Waals surface area (Å²) in [6, 6.07) is 4.54. The molecule has 9 nitrogen and oxygen atoms in total. The SMILES string of the molecule is O=C1C=C(N(C(=O)O)c2ccc([N+](=O)[O-])cc2)C(=O)N1. The Balaban J connectivity index is 2.42. The number of carbonyl (C=O) groups excluding carboxylic acids is 2. The number of hydrogen-bond donors (Lipinski definition) is 2. The van der Waals surface area contributed by atoms with Gasteiger partial charge in [-0.15, -0.1) is 0 Å². The van der Waals surface area contributed by atoms with Gasteiger partial charge in [0.1, 0.15) is 5.70 Å². The molecule has 20 heavy (non-hydrogen) atoms. The van der Waals surface area contributed by atoms with E-state index in [-0.39, 0.29) is 17.1 Å². The summed E-state index contributed by atoms with van der Waals surface area (Å²) in [5.41, 5.74) is -0.574. The quantitative estimate of drug-likeness (QED) is 0.473. The Labute approximate surface area is 111 Å². The molecule has 1 aliphatic heterocycles. The number of non-ortho nitro benzene ring substituents is 1. The molecule has 102 valence electrons. The summed E-state index contributed by atoms with van der Waals surface area (Å²) >= 11 is 0. The fraction of sp³-hybridized carbons (Fsp3) is 0. The lowest BCUT2D eigenvalue weighted by molar-refractivity contribution is -0.384. The van der Waals surface area contributed by atoms with E-state index in [0.717, 1.165) is 18.2 Å². The van der Waals surface area contributed by atoms with E-state index >= 15 is 0 Å². The Hall–Kier alpha value is -3.23. The molecule has 0 atom stereocenters. The molecule has 2 rings (SSSR count). The van der Waals surface area contributed by atoms with Crippen LogP contribution in [0.3, 0.4) is 0 Å². The predicted octanol–water partition coefficient (Wildman–Crippen LogP) is 0.619. The second-order valence-corrected chi connectivity index (χ2v) is 3.74. The van der Waals surface area contributed by atoms with Crippen LogP contribution in [0.25, 0.3) is 0 Å². The molecule has 0 unspecified atom stereocenters. The summed E-state index contributed by atoms with van der Waals surface area (Å²) in [5, 5.41) is 21.6. The molecule has 0 radical (unpaired) electrons. The maximum atomic E-state index is 11.5. The predicted molar refractivity (Wildman–Crippen MR) is 64.8 cm³/mol. The monoisotopic (exact) mass is 277 g/mol. The van der Waals surface area contributed by atoms with E-state index in [0.29, 0.717) is 4.90 Å². The van der Waals surface area contributed by atoms with Crippen LogP contribution in [0.5, 0.6) is 0 Å². The van der Waals surface area contributed by atoms with Crippen LogP contribution in [0.4, 0.5) is 16.2 Å². The third-order valence-electron chi connectivity index (χ3n) is 2.49. The number of imide groups is 1. The van der Waals surface area contributed by atoms with Gasteiger partial charge in [-0.2, -0.15) is 0 Å². The van der Waals surface area contributed by atoms with Crippen LogP contribution in [-0.4, -0.2) is 27.9 Å². The molecule has 0 fully saturated rings. The van der Waals surface area contributed by atoms with Crippen LogP contribution < -0.4 is 10.2 Å². The standard InChI is InChI=1S/C11H7N3O6/c15-9-5-8(10(16)12-9)13(11(17)18)6-1-3-7(4-2-6)14(19)20/h1-5H,(H,17,18)(H,12,15,16). The molecule has 9 heteroatoms. The van der Waals surface area contributed by atoms with Crippen LogP contribution in [-0.2, 0) is 9.59 Å². The Morgan fingerprint density at radius 3 is 2.25 bits per heavy atom. The highest BCUT2D eigenvalue weighted by molar-refractivity contribution is 6.20. The van der Waals surface area contributed by atoms with Crippen molar-refractivity contribution in [2.75, 3.05) is 4.90 Å². The van der Waals surface area contributed by atoms with Crippen molar-refractivity contribution >= 4 is 29.3 Å². The number of carboxylic acid groups (broad SMARTS) is 1. The maximum absolute atomic E-state index is 11.5. The first-order chi connectivity index (χ1) is 9.40. The summed E-state index contributed by atoms with van der Waals surface area (Å²) in [7, 11) is 0. The Morgan fingerprint density at radius 2 is 1.85 bits per heavy atom. The van der Waals surface area contributed by atoms with Crippen LogP contribution in [0.15, 0.2) is 36.0 Å². The van der Waals surface area contributed by atoms with Crippen molar-refractivity contribution in [3.05, 3.63) is 46.2 Å². The summed E-state index contributed by atoms with van der Waals surface area (Å²) in [6.45, 7) is 0. The van der Waals surface area contributed by atoms with Crippen LogP contribution in [0, 0.1) is 10.1 Å². The number of nitro benzene ring substituents is 1. The lowest BCUT2D eigenvalue weighted by Crippen LogP contribution is -2.34. The number of rotatable bonds is 3. The highest BCUT2D eigenvalue weighted by Gasteiger charge is 2.31. The van der Waals surface area contributed by atoms with Gasteiger partial charge in [-0.1, -0.05) is 0 Å². The van der Waals surface area contributed by atoms with Crippen LogP contribution in [0.2, 0.25) is 0 Å². The minimum absolute atomic E-state index is 0.0131. The first-order valence-corrected chi connectivity index (χ1v) is 5.24. The van der Waals surface area contributed by atoms with Crippen LogP contribution in [0.1, 0.15) is 0 Å². The van der Waals surface area contributed by atoms with Gasteiger partial charge in [-0.3, -0.25) is 25.0 Å². The second-order valence-electron chi connectivity index (χ2n) is 3.74. The molecule has 0 saturated carbocycles.